The van der Waals surface area contributed by atoms with E-state index in [-0.39, 0.29) is 34.0 Å². The third kappa shape index (κ3) is 3.83. The largest absolute Gasteiger partial charge is 0.495 e. The second-order valence-corrected chi connectivity index (χ2v) is 7.87. The normalized spacial score (nSPS) is 21.2. The maximum atomic E-state index is 12.9. The van der Waals surface area contributed by atoms with Gasteiger partial charge in [-0.3, -0.25) is 0 Å². The van der Waals surface area contributed by atoms with Gasteiger partial charge in [0.25, 0.3) is 0 Å². The Bertz CT molecular complexity index is 710. The predicted octanol–water partition coefficient (Wildman–Crippen LogP) is 1.26. The zero-order valence-electron chi connectivity index (χ0n) is 13.9. The number of hydrogen-bond acceptors (Lipinski definition) is 6. The van der Waals surface area contributed by atoms with Crippen molar-refractivity contribution < 1.29 is 22.7 Å². The van der Waals surface area contributed by atoms with E-state index in [1.54, 1.807) is 0 Å². The summed E-state index contributed by atoms with van der Waals surface area (Å²) in [4.78, 5) is 11.6. The first-order valence-electron chi connectivity index (χ1n) is 7.24. The fourth-order valence-corrected chi connectivity index (χ4v) is 4.39. The van der Waals surface area contributed by atoms with Gasteiger partial charge in [0, 0.05) is 13.1 Å². The lowest BCUT2D eigenvalue weighted by molar-refractivity contribution is 0.0600. The molecule has 1 heterocycles. The zero-order valence-corrected chi connectivity index (χ0v) is 15.6. The van der Waals surface area contributed by atoms with Crippen LogP contribution in [0.25, 0.3) is 0 Å². The highest BCUT2D eigenvalue weighted by Gasteiger charge is 2.40. The predicted molar refractivity (Wildman–Crippen MR) is 92.1 cm³/mol. The molecule has 9 heteroatoms. The molecule has 2 N–H and O–H groups in total. The van der Waals surface area contributed by atoms with Gasteiger partial charge in [-0.05, 0) is 36.6 Å². The number of sulfonamides is 1. The molecule has 1 aliphatic heterocycles. The van der Waals surface area contributed by atoms with E-state index in [1.807, 2.05) is 6.92 Å². The molecule has 0 amide bonds. The Kier molecular flexibility index (Phi) is 6.63. The first-order valence-corrected chi connectivity index (χ1v) is 8.68. The van der Waals surface area contributed by atoms with E-state index in [0.29, 0.717) is 26.1 Å². The molecule has 1 fully saturated rings. The van der Waals surface area contributed by atoms with Crippen LogP contribution in [0.2, 0.25) is 0 Å². The SMILES string of the molecule is COC(=O)c1ccc(OC)c(S(=O)(=O)N2CCC(C)(CN)C2)c1.Cl. The van der Waals surface area contributed by atoms with Crippen LogP contribution in [0.15, 0.2) is 23.1 Å². The number of nitrogens with zero attached hydrogens (tertiary/aromatic N) is 1. The molecule has 1 aromatic rings. The molecular formula is C15H23ClN2O5S. The third-order valence-electron chi connectivity index (χ3n) is 4.22. The molecule has 1 saturated heterocycles. The van der Waals surface area contributed by atoms with Crippen molar-refractivity contribution in [2.45, 2.75) is 18.2 Å². The van der Waals surface area contributed by atoms with Gasteiger partial charge in [-0.15, -0.1) is 12.4 Å². The number of carbonyl (C=O) groups excluding carboxylic acids is 1. The van der Waals surface area contributed by atoms with Gasteiger partial charge < -0.3 is 15.2 Å². The molecule has 2 rings (SSSR count). The molecule has 136 valence electrons. The molecule has 0 aliphatic carbocycles. The fourth-order valence-electron chi connectivity index (χ4n) is 2.61. The van der Waals surface area contributed by atoms with Crippen LogP contribution in [0, 0.1) is 5.41 Å². The second-order valence-electron chi connectivity index (χ2n) is 5.96. The Morgan fingerprint density at radius 2 is 2.04 bits per heavy atom. The van der Waals surface area contributed by atoms with Gasteiger partial charge in [0.05, 0.1) is 19.8 Å². The molecule has 0 bridgehead atoms. The van der Waals surface area contributed by atoms with Crippen LogP contribution in [0.4, 0.5) is 0 Å². The van der Waals surface area contributed by atoms with Crippen LogP contribution < -0.4 is 10.5 Å². The molecule has 1 aliphatic rings. The summed E-state index contributed by atoms with van der Waals surface area (Å²) in [6, 6.07) is 4.22. The monoisotopic (exact) mass is 378 g/mol. The molecule has 1 aromatic carbocycles. The Morgan fingerprint density at radius 3 is 2.54 bits per heavy atom. The summed E-state index contributed by atoms with van der Waals surface area (Å²) in [6.07, 6.45) is 0.696. The maximum absolute atomic E-state index is 12.9. The van der Waals surface area contributed by atoms with E-state index in [9.17, 15) is 13.2 Å². The van der Waals surface area contributed by atoms with Crippen molar-refractivity contribution in [3.8, 4) is 5.75 Å². The highest BCUT2D eigenvalue weighted by Crippen LogP contribution is 2.35. The lowest BCUT2D eigenvalue weighted by Crippen LogP contribution is -2.34. The van der Waals surface area contributed by atoms with E-state index < -0.39 is 16.0 Å². The van der Waals surface area contributed by atoms with Gasteiger partial charge in [-0.25, -0.2) is 13.2 Å². The summed E-state index contributed by atoms with van der Waals surface area (Å²) in [5.74, 6) is -0.406. The van der Waals surface area contributed by atoms with Gasteiger partial charge in [0.2, 0.25) is 10.0 Å². The molecule has 0 saturated carbocycles. The van der Waals surface area contributed by atoms with Crippen molar-refractivity contribution in [2.24, 2.45) is 11.1 Å². The van der Waals surface area contributed by atoms with Crippen LogP contribution in [0.1, 0.15) is 23.7 Å². The second kappa shape index (κ2) is 7.69. The highest BCUT2D eigenvalue weighted by molar-refractivity contribution is 7.89. The molecule has 0 aromatic heterocycles. The summed E-state index contributed by atoms with van der Waals surface area (Å²) < 4.78 is 37.1. The number of rotatable bonds is 5. The van der Waals surface area contributed by atoms with E-state index in [2.05, 4.69) is 4.74 Å². The van der Waals surface area contributed by atoms with Crippen LogP contribution in [0.5, 0.6) is 5.75 Å². The van der Waals surface area contributed by atoms with Crippen LogP contribution in [0.3, 0.4) is 0 Å². The van der Waals surface area contributed by atoms with E-state index in [0.717, 1.165) is 0 Å². The van der Waals surface area contributed by atoms with Crippen LogP contribution in [-0.2, 0) is 14.8 Å². The third-order valence-corrected chi connectivity index (χ3v) is 6.08. The molecule has 1 unspecified atom stereocenters. The summed E-state index contributed by atoms with van der Waals surface area (Å²) in [5.41, 5.74) is 5.67. The first kappa shape index (κ1) is 20.7. The summed E-state index contributed by atoms with van der Waals surface area (Å²) in [5, 5.41) is 0. The number of methoxy groups -OCH3 is 2. The molecule has 0 spiro atoms. The minimum atomic E-state index is -3.78. The summed E-state index contributed by atoms with van der Waals surface area (Å²) >= 11 is 0. The average molecular weight is 379 g/mol. The number of benzene rings is 1. The Morgan fingerprint density at radius 1 is 1.38 bits per heavy atom. The molecular weight excluding hydrogens is 356 g/mol. The number of carbonyl (C=O) groups is 1. The smallest absolute Gasteiger partial charge is 0.337 e. The van der Waals surface area contributed by atoms with Crippen molar-refractivity contribution in [1.29, 1.82) is 0 Å². The number of halogens is 1. The van der Waals surface area contributed by atoms with Crippen molar-refractivity contribution >= 4 is 28.4 Å². The Labute approximate surface area is 148 Å². The number of nitrogens with two attached hydrogens (primary N) is 1. The molecule has 7 nitrogen and oxygen atoms in total. The maximum Gasteiger partial charge on any atom is 0.337 e. The fraction of sp³-hybridized carbons (Fsp3) is 0.533. The number of ether oxygens (including phenoxy) is 2. The van der Waals surface area contributed by atoms with Crippen molar-refractivity contribution in [1.82, 2.24) is 4.31 Å². The topological polar surface area (TPSA) is 98.9 Å². The zero-order chi connectivity index (χ0) is 17.3. The van der Waals surface area contributed by atoms with Crippen molar-refractivity contribution in [3.05, 3.63) is 23.8 Å². The van der Waals surface area contributed by atoms with Gasteiger partial charge in [0.15, 0.2) is 0 Å². The molecule has 24 heavy (non-hydrogen) atoms. The van der Waals surface area contributed by atoms with Crippen molar-refractivity contribution in [3.63, 3.8) is 0 Å². The lowest BCUT2D eigenvalue weighted by atomic mass is 9.90. The number of hydrogen-bond donors (Lipinski definition) is 1. The first-order chi connectivity index (χ1) is 10.8. The summed E-state index contributed by atoms with van der Waals surface area (Å²) in [7, 11) is -1.15. The standard InChI is InChI=1S/C15H22N2O5S.ClH/c1-15(9-16)6-7-17(10-15)23(19,20)13-8-11(14(18)22-3)4-5-12(13)21-2;/h4-5,8H,6-7,9-10,16H2,1-3H3;1H. The van der Waals surface area contributed by atoms with Crippen LogP contribution in [-0.4, -0.2) is 52.5 Å². The number of esters is 1. The van der Waals surface area contributed by atoms with E-state index in [1.165, 1.54) is 36.7 Å². The average Bonchev–Trinajstić information content (AvgIpc) is 2.97. The van der Waals surface area contributed by atoms with Gasteiger partial charge in [-0.2, -0.15) is 4.31 Å². The van der Waals surface area contributed by atoms with Gasteiger partial charge in [-0.1, -0.05) is 6.92 Å². The Balaban J connectivity index is 0.00000288. The quantitative estimate of drug-likeness (QED) is 0.774. The lowest BCUT2D eigenvalue weighted by Gasteiger charge is -2.23. The van der Waals surface area contributed by atoms with Gasteiger partial charge in [0.1, 0.15) is 10.6 Å². The van der Waals surface area contributed by atoms with Crippen molar-refractivity contribution in [2.75, 3.05) is 33.9 Å². The minimum Gasteiger partial charge on any atom is -0.495 e. The minimum absolute atomic E-state index is 0. The molecule has 1 atom stereocenters. The van der Waals surface area contributed by atoms with E-state index >= 15 is 0 Å². The summed E-state index contributed by atoms with van der Waals surface area (Å²) in [6.45, 7) is 3.11. The highest BCUT2D eigenvalue weighted by atomic mass is 35.5. The molecule has 0 radical (unpaired) electrons. The van der Waals surface area contributed by atoms with E-state index in [4.69, 9.17) is 10.5 Å². The Hall–Kier alpha value is -1.35. The van der Waals surface area contributed by atoms with Crippen LogP contribution >= 0.6 is 12.4 Å². The van der Waals surface area contributed by atoms with Gasteiger partial charge >= 0.3 is 5.97 Å².